The zero-order valence-corrected chi connectivity index (χ0v) is 9.43. The van der Waals surface area contributed by atoms with Crippen LogP contribution in [0.15, 0.2) is 0 Å². The number of carbonyl (C=O) groups excluding carboxylic acids is 1. The van der Waals surface area contributed by atoms with Crippen LogP contribution in [0.25, 0.3) is 0 Å². The van der Waals surface area contributed by atoms with Crippen LogP contribution in [0, 0.1) is 0 Å². The number of nitrogens with two attached hydrogens (primary N) is 4. The first kappa shape index (κ1) is 15.1. The van der Waals surface area contributed by atoms with Gasteiger partial charge in [-0.15, -0.1) is 0 Å². The molecule has 0 amide bonds. The summed E-state index contributed by atoms with van der Waals surface area (Å²) in [5.41, 5.74) is 21.6. The molecule has 0 aromatic carbocycles. The lowest BCUT2D eigenvalue weighted by molar-refractivity contribution is -0.00300. The van der Waals surface area contributed by atoms with Crippen LogP contribution in [-0.4, -0.2) is 31.7 Å². The van der Waals surface area contributed by atoms with E-state index >= 15 is 0 Å². The van der Waals surface area contributed by atoms with Crippen molar-refractivity contribution in [1.82, 2.24) is 0 Å². The zero-order valence-electron chi connectivity index (χ0n) is 9.43. The Bertz CT molecular complexity index is 174. The van der Waals surface area contributed by atoms with Crippen molar-refractivity contribution in [3.8, 4) is 0 Å². The molecule has 0 rings (SSSR count). The average molecular weight is 234 g/mol. The highest BCUT2D eigenvalue weighted by Crippen LogP contribution is 2.01. The normalized spacial score (nSPS) is 14.2. The first-order chi connectivity index (χ1) is 7.60. The van der Waals surface area contributed by atoms with Crippen LogP contribution < -0.4 is 22.9 Å². The molecule has 2 unspecified atom stereocenters. The van der Waals surface area contributed by atoms with Gasteiger partial charge in [0.1, 0.15) is 0 Å². The number of rotatable bonds is 8. The van der Waals surface area contributed by atoms with Crippen LogP contribution in [0.4, 0.5) is 4.79 Å². The Morgan fingerprint density at radius 2 is 1.31 bits per heavy atom. The minimum absolute atomic E-state index is 0.502. The molecule has 0 heterocycles. The minimum atomic E-state index is -0.853. The highest BCUT2D eigenvalue weighted by molar-refractivity contribution is 5.60. The monoisotopic (exact) mass is 234 g/mol. The third-order valence-electron chi connectivity index (χ3n) is 1.88. The number of carbonyl (C=O) groups is 1. The first-order valence-corrected chi connectivity index (χ1v) is 5.38. The molecule has 0 saturated carbocycles. The maximum atomic E-state index is 11.1. The fourth-order valence-electron chi connectivity index (χ4n) is 1.03. The van der Waals surface area contributed by atoms with Crippen molar-refractivity contribution < 1.29 is 14.3 Å². The summed E-state index contributed by atoms with van der Waals surface area (Å²) >= 11 is 0. The Labute approximate surface area is 95.4 Å². The Balaban J connectivity index is 3.63. The number of ether oxygens (including phenoxy) is 2. The van der Waals surface area contributed by atoms with Crippen LogP contribution in [0.3, 0.4) is 0 Å². The largest absolute Gasteiger partial charge is 0.511 e. The van der Waals surface area contributed by atoms with Crippen molar-refractivity contribution in [2.24, 2.45) is 22.9 Å². The van der Waals surface area contributed by atoms with E-state index in [9.17, 15) is 4.79 Å². The van der Waals surface area contributed by atoms with Gasteiger partial charge in [-0.2, -0.15) is 0 Å². The molecule has 96 valence electrons. The van der Waals surface area contributed by atoms with Crippen molar-refractivity contribution in [3.63, 3.8) is 0 Å². The van der Waals surface area contributed by atoms with E-state index in [0.717, 1.165) is 0 Å². The van der Waals surface area contributed by atoms with E-state index in [1.165, 1.54) is 0 Å². The second-order valence-corrected chi connectivity index (χ2v) is 3.42. The van der Waals surface area contributed by atoms with E-state index in [1.54, 1.807) is 0 Å². The van der Waals surface area contributed by atoms with Gasteiger partial charge in [-0.1, -0.05) is 0 Å². The Hall–Kier alpha value is -0.890. The second kappa shape index (κ2) is 9.34. The fraction of sp³-hybridized carbons (Fsp3) is 0.889. The fourth-order valence-corrected chi connectivity index (χ4v) is 1.03. The predicted octanol–water partition coefficient (Wildman–Crippen LogP) is -0.813. The van der Waals surface area contributed by atoms with Gasteiger partial charge in [-0.3, -0.25) is 11.5 Å². The van der Waals surface area contributed by atoms with Gasteiger partial charge >= 0.3 is 6.16 Å². The molecular formula is C9H22N4O3. The van der Waals surface area contributed by atoms with Crippen LogP contribution >= 0.6 is 0 Å². The smallest absolute Gasteiger partial charge is 0.415 e. The molecule has 0 aliphatic rings. The third kappa shape index (κ3) is 8.42. The zero-order chi connectivity index (χ0) is 12.4. The van der Waals surface area contributed by atoms with Crippen molar-refractivity contribution in [2.45, 2.75) is 38.1 Å². The molecule has 0 bridgehead atoms. The van der Waals surface area contributed by atoms with E-state index in [2.05, 4.69) is 0 Å². The van der Waals surface area contributed by atoms with E-state index in [4.69, 9.17) is 32.4 Å². The van der Waals surface area contributed by atoms with Gasteiger partial charge in [0.25, 0.3) is 0 Å². The first-order valence-electron chi connectivity index (χ1n) is 5.38. The summed E-state index contributed by atoms with van der Waals surface area (Å²) in [6.07, 6.45) is 0.138. The van der Waals surface area contributed by atoms with Gasteiger partial charge in [0.05, 0.1) is 0 Å². The maximum absolute atomic E-state index is 11.1. The second-order valence-electron chi connectivity index (χ2n) is 3.42. The SMILES string of the molecule is NCCCC(N)OC(=O)OC(N)CCCN. The summed E-state index contributed by atoms with van der Waals surface area (Å²) < 4.78 is 9.51. The molecular weight excluding hydrogens is 212 g/mol. The van der Waals surface area contributed by atoms with Gasteiger partial charge in [-0.05, 0) is 38.8 Å². The maximum Gasteiger partial charge on any atom is 0.511 e. The van der Waals surface area contributed by atoms with E-state index in [1.807, 2.05) is 0 Å². The van der Waals surface area contributed by atoms with Crippen LogP contribution in [0.2, 0.25) is 0 Å². The third-order valence-corrected chi connectivity index (χ3v) is 1.88. The highest BCUT2D eigenvalue weighted by Gasteiger charge is 2.14. The summed E-state index contributed by atoms with van der Waals surface area (Å²) in [5.74, 6) is 0. The molecule has 0 fully saturated rings. The van der Waals surface area contributed by atoms with Crippen molar-refractivity contribution in [3.05, 3.63) is 0 Å². The molecule has 0 aliphatic carbocycles. The van der Waals surface area contributed by atoms with E-state index in [-0.39, 0.29) is 0 Å². The van der Waals surface area contributed by atoms with Gasteiger partial charge in [-0.25, -0.2) is 4.79 Å². The lowest BCUT2D eigenvalue weighted by Gasteiger charge is -2.15. The van der Waals surface area contributed by atoms with Gasteiger partial charge in [0, 0.05) is 0 Å². The number of hydrogen-bond acceptors (Lipinski definition) is 7. The molecule has 16 heavy (non-hydrogen) atoms. The minimum Gasteiger partial charge on any atom is -0.415 e. The van der Waals surface area contributed by atoms with E-state index in [0.29, 0.717) is 38.8 Å². The molecule has 0 aliphatic heterocycles. The molecule has 7 nitrogen and oxygen atoms in total. The Morgan fingerprint density at radius 3 is 1.62 bits per heavy atom. The topological polar surface area (TPSA) is 140 Å². The molecule has 0 aromatic heterocycles. The molecule has 0 radical (unpaired) electrons. The lowest BCUT2D eigenvalue weighted by atomic mass is 10.3. The van der Waals surface area contributed by atoms with Crippen molar-refractivity contribution in [2.75, 3.05) is 13.1 Å². The average Bonchev–Trinajstić information content (AvgIpc) is 2.23. The molecule has 0 saturated heterocycles. The number of hydrogen-bond donors (Lipinski definition) is 4. The van der Waals surface area contributed by atoms with Crippen LogP contribution in [-0.2, 0) is 9.47 Å². The summed E-state index contributed by atoms with van der Waals surface area (Å²) in [7, 11) is 0. The van der Waals surface area contributed by atoms with Crippen molar-refractivity contribution in [1.29, 1.82) is 0 Å². The lowest BCUT2D eigenvalue weighted by Crippen LogP contribution is -2.33. The standard InChI is InChI=1S/C9H22N4O3/c10-5-1-3-7(12)15-9(14)16-8(13)4-2-6-11/h7-8H,1-6,10-13H2. The highest BCUT2D eigenvalue weighted by atomic mass is 16.7. The van der Waals surface area contributed by atoms with E-state index < -0.39 is 18.6 Å². The summed E-state index contributed by atoms with van der Waals surface area (Å²) in [6, 6.07) is 0. The molecule has 7 heteroatoms. The summed E-state index contributed by atoms with van der Waals surface area (Å²) in [4.78, 5) is 11.1. The Morgan fingerprint density at radius 1 is 0.938 bits per heavy atom. The Kier molecular flexibility index (Phi) is 8.82. The molecule has 8 N–H and O–H groups in total. The van der Waals surface area contributed by atoms with Crippen LogP contribution in [0.1, 0.15) is 25.7 Å². The van der Waals surface area contributed by atoms with Crippen LogP contribution in [0.5, 0.6) is 0 Å². The molecule has 0 spiro atoms. The summed E-state index contributed by atoms with van der Waals surface area (Å²) in [6.45, 7) is 1.00. The van der Waals surface area contributed by atoms with Gasteiger partial charge < -0.3 is 20.9 Å². The van der Waals surface area contributed by atoms with Gasteiger partial charge in [0.15, 0.2) is 12.5 Å². The quantitative estimate of drug-likeness (QED) is 0.318. The summed E-state index contributed by atoms with van der Waals surface area (Å²) in [5, 5.41) is 0. The predicted molar refractivity (Wildman–Crippen MR) is 60.1 cm³/mol. The van der Waals surface area contributed by atoms with Gasteiger partial charge in [0.2, 0.25) is 0 Å². The van der Waals surface area contributed by atoms with Crippen molar-refractivity contribution >= 4 is 6.16 Å². The molecule has 0 aromatic rings. The molecule has 2 atom stereocenters.